The molecular formula is C18H29N5. The number of rotatable bonds is 6. The average molecular weight is 315 g/mol. The number of guanidine groups is 1. The molecule has 2 aliphatic heterocycles. The topological polar surface area (TPSA) is 77.8 Å². The van der Waals surface area contributed by atoms with Gasteiger partial charge in [-0.3, -0.25) is 4.90 Å². The molecule has 0 aromatic rings. The first-order valence-corrected chi connectivity index (χ1v) is 8.76. The molecule has 2 rings (SSSR count). The zero-order valence-electron chi connectivity index (χ0n) is 14.4. The molecule has 0 saturated carbocycles. The Morgan fingerprint density at radius 2 is 2.09 bits per heavy atom. The molecule has 0 radical (unpaired) electrons. The number of nitriles is 1. The molecule has 23 heavy (non-hydrogen) atoms. The zero-order valence-corrected chi connectivity index (χ0v) is 14.4. The fraction of sp³-hybridized carbons (Fsp3) is 0.722. The van der Waals surface area contributed by atoms with Crippen molar-refractivity contribution in [1.82, 2.24) is 4.90 Å². The van der Waals surface area contributed by atoms with Crippen molar-refractivity contribution < 1.29 is 0 Å². The highest BCUT2D eigenvalue weighted by Crippen LogP contribution is 2.36. The molecule has 5 heteroatoms. The first-order valence-electron chi connectivity index (χ1n) is 8.76. The van der Waals surface area contributed by atoms with Gasteiger partial charge in [-0.05, 0) is 44.1 Å². The Morgan fingerprint density at radius 3 is 2.61 bits per heavy atom. The second-order valence-electron chi connectivity index (χ2n) is 6.69. The first kappa shape index (κ1) is 17.7. The highest BCUT2D eigenvalue weighted by atomic mass is 15.2. The maximum atomic E-state index is 8.80. The second-order valence-corrected chi connectivity index (χ2v) is 6.69. The van der Waals surface area contributed by atoms with Crippen LogP contribution in [-0.2, 0) is 0 Å². The molecular weight excluding hydrogens is 286 g/mol. The smallest absolute Gasteiger partial charge is 0.215 e. The van der Waals surface area contributed by atoms with Crippen LogP contribution in [0.2, 0.25) is 0 Å². The van der Waals surface area contributed by atoms with Crippen molar-refractivity contribution in [2.24, 2.45) is 21.6 Å². The summed E-state index contributed by atoms with van der Waals surface area (Å²) >= 11 is 0. The molecule has 0 aromatic heterocycles. The standard InChI is InChI=1S/C18H29N5/c1-4-13(3)17(5-2)22-18(20)21-14-11-15-7-8-16(12-14)23(15)10-6-9-19/h5,13-16H,2,4,6-8,10-12H2,1,3H3,(H2,20,21)/t13?,14?,15-,16+. The lowest BCUT2D eigenvalue weighted by Crippen LogP contribution is -2.44. The predicted molar refractivity (Wildman–Crippen MR) is 95.5 cm³/mol. The zero-order chi connectivity index (χ0) is 16.8. The van der Waals surface area contributed by atoms with Gasteiger partial charge in [0.1, 0.15) is 0 Å². The van der Waals surface area contributed by atoms with Crippen LogP contribution in [0.25, 0.3) is 0 Å². The summed E-state index contributed by atoms with van der Waals surface area (Å²) in [4.78, 5) is 11.6. The Labute approximate surface area is 140 Å². The summed E-state index contributed by atoms with van der Waals surface area (Å²) in [6, 6.07) is 3.63. The Kier molecular flexibility index (Phi) is 6.35. The van der Waals surface area contributed by atoms with E-state index in [1.165, 1.54) is 12.8 Å². The Balaban J connectivity index is 2.01. The fourth-order valence-electron chi connectivity index (χ4n) is 3.81. The minimum atomic E-state index is 0.262. The number of allylic oxidation sites excluding steroid dienone is 1. The van der Waals surface area contributed by atoms with Gasteiger partial charge in [0, 0.05) is 30.8 Å². The number of hydrogen-bond acceptors (Lipinski definition) is 3. The number of nitrogens with two attached hydrogens (primary N) is 1. The maximum absolute atomic E-state index is 8.80. The molecule has 2 heterocycles. The molecule has 0 aliphatic carbocycles. The van der Waals surface area contributed by atoms with Crippen molar-refractivity contribution in [1.29, 1.82) is 5.26 Å². The molecule has 0 amide bonds. The summed E-state index contributed by atoms with van der Waals surface area (Å²) < 4.78 is 0. The number of piperidine rings is 1. The lowest BCUT2D eigenvalue weighted by atomic mass is 9.97. The van der Waals surface area contributed by atoms with Gasteiger partial charge in [0.15, 0.2) is 0 Å². The number of fused-ring (bicyclic) bond motifs is 2. The van der Waals surface area contributed by atoms with E-state index in [1.54, 1.807) is 6.08 Å². The van der Waals surface area contributed by atoms with Crippen molar-refractivity contribution >= 4 is 11.7 Å². The summed E-state index contributed by atoms with van der Waals surface area (Å²) in [5.41, 5.74) is 6.98. The molecule has 4 atom stereocenters. The summed E-state index contributed by atoms with van der Waals surface area (Å²) in [5, 5.41) is 8.80. The van der Waals surface area contributed by atoms with Gasteiger partial charge in [-0.2, -0.15) is 5.26 Å². The Morgan fingerprint density at radius 1 is 1.43 bits per heavy atom. The molecule has 2 fully saturated rings. The van der Waals surface area contributed by atoms with Gasteiger partial charge in [-0.1, -0.05) is 20.4 Å². The van der Waals surface area contributed by atoms with Crippen LogP contribution in [0, 0.1) is 17.2 Å². The maximum Gasteiger partial charge on any atom is 0.215 e. The third-order valence-electron chi connectivity index (χ3n) is 5.23. The minimum Gasteiger partial charge on any atom is -0.368 e. The molecule has 2 aliphatic rings. The molecule has 2 saturated heterocycles. The van der Waals surface area contributed by atoms with Crippen LogP contribution in [0.15, 0.2) is 22.6 Å². The monoisotopic (exact) mass is 315 g/mol. The van der Waals surface area contributed by atoms with E-state index in [-0.39, 0.29) is 6.04 Å². The lowest BCUT2D eigenvalue weighted by molar-refractivity contribution is 0.131. The molecule has 2 N–H and O–H groups in total. The van der Waals surface area contributed by atoms with E-state index in [2.05, 4.69) is 41.4 Å². The summed E-state index contributed by atoms with van der Waals surface area (Å²) in [6.07, 6.45) is 7.91. The van der Waals surface area contributed by atoms with Crippen molar-refractivity contribution in [2.45, 2.75) is 70.5 Å². The van der Waals surface area contributed by atoms with Gasteiger partial charge in [-0.25, -0.2) is 9.98 Å². The number of aliphatic imine (C=N–C) groups is 2. The van der Waals surface area contributed by atoms with E-state index in [9.17, 15) is 0 Å². The van der Waals surface area contributed by atoms with E-state index in [4.69, 9.17) is 11.0 Å². The molecule has 0 spiro atoms. The van der Waals surface area contributed by atoms with Gasteiger partial charge in [-0.15, -0.1) is 0 Å². The lowest BCUT2D eigenvalue weighted by Gasteiger charge is -2.37. The largest absolute Gasteiger partial charge is 0.368 e. The summed E-state index contributed by atoms with van der Waals surface area (Å²) in [6.45, 7) is 8.98. The Bertz CT molecular complexity index is 502. The first-order chi connectivity index (χ1) is 11.1. The van der Waals surface area contributed by atoms with Crippen molar-refractivity contribution in [2.75, 3.05) is 6.54 Å². The van der Waals surface area contributed by atoms with Gasteiger partial charge in [0.05, 0.1) is 12.1 Å². The molecule has 2 unspecified atom stereocenters. The van der Waals surface area contributed by atoms with Crippen LogP contribution in [-0.4, -0.2) is 41.2 Å². The quantitative estimate of drug-likeness (QED) is 0.604. The van der Waals surface area contributed by atoms with E-state index in [1.807, 2.05) is 0 Å². The molecule has 126 valence electrons. The van der Waals surface area contributed by atoms with Crippen LogP contribution in [0.5, 0.6) is 0 Å². The molecule has 0 aromatic carbocycles. The van der Waals surface area contributed by atoms with Gasteiger partial charge < -0.3 is 5.73 Å². The van der Waals surface area contributed by atoms with Crippen molar-refractivity contribution in [3.63, 3.8) is 0 Å². The normalized spacial score (nSPS) is 30.0. The van der Waals surface area contributed by atoms with Crippen LogP contribution in [0.4, 0.5) is 0 Å². The highest BCUT2D eigenvalue weighted by molar-refractivity contribution is 6.03. The Hall–Kier alpha value is -1.67. The number of nitrogens with zero attached hydrogens (tertiary/aromatic N) is 4. The van der Waals surface area contributed by atoms with E-state index >= 15 is 0 Å². The van der Waals surface area contributed by atoms with Crippen molar-refractivity contribution in [3.8, 4) is 6.07 Å². The highest BCUT2D eigenvalue weighted by Gasteiger charge is 2.40. The molecule has 2 bridgehead atoms. The van der Waals surface area contributed by atoms with Crippen LogP contribution in [0.3, 0.4) is 0 Å². The third kappa shape index (κ3) is 4.42. The molecule has 5 nitrogen and oxygen atoms in total. The van der Waals surface area contributed by atoms with Gasteiger partial charge >= 0.3 is 0 Å². The van der Waals surface area contributed by atoms with E-state index in [0.717, 1.165) is 31.5 Å². The van der Waals surface area contributed by atoms with E-state index in [0.29, 0.717) is 30.4 Å². The number of hydrogen-bond donors (Lipinski definition) is 1. The SMILES string of the molecule is C=CC(=NC(N)=NC1C[C@H]2CC[C@@H](C1)N2CCC#N)C(C)CC. The van der Waals surface area contributed by atoms with Crippen LogP contribution < -0.4 is 5.73 Å². The van der Waals surface area contributed by atoms with E-state index < -0.39 is 0 Å². The minimum absolute atomic E-state index is 0.262. The third-order valence-corrected chi connectivity index (χ3v) is 5.23. The second kappa shape index (κ2) is 8.26. The summed E-state index contributed by atoms with van der Waals surface area (Å²) in [5.74, 6) is 0.736. The van der Waals surface area contributed by atoms with Gasteiger partial charge in [0.2, 0.25) is 5.96 Å². The van der Waals surface area contributed by atoms with Gasteiger partial charge in [0.25, 0.3) is 0 Å². The average Bonchev–Trinajstić information content (AvgIpc) is 2.78. The van der Waals surface area contributed by atoms with Crippen LogP contribution in [0.1, 0.15) is 52.4 Å². The van der Waals surface area contributed by atoms with Crippen molar-refractivity contribution in [3.05, 3.63) is 12.7 Å². The summed E-state index contributed by atoms with van der Waals surface area (Å²) in [7, 11) is 0. The fourth-order valence-corrected chi connectivity index (χ4v) is 3.81. The van der Waals surface area contributed by atoms with Crippen LogP contribution >= 0.6 is 0 Å². The predicted octanol–water partition coefficient (Wildman–Crippen LogP) is 2.88.